The molecule has 1 amide bonds. The number of esters is 1. The van der Waals surface area contributed by atoms with E-state index >= 15 is 0 Å². The normalized spacial score (nSPS) is 11.0. The Kier molecular flexibility index (Phi) is 8.24. The molecule has 4 aromatic carbocycles. The predicted molar refractivity (Wildman–Crippen MR) is 160 cm³/mol. The fourth-order valence-electron chi connectivity index (χ4n) is 4.29. The summed E-state index contributed by atoms with van der Waals surface area (Å²) in [5, 5.41) is 5.66. The number of benzene rings is 4. The van der Waals surface area contributed by atoms with Gasteiger partial charge in [-0.15, -0.1) is 0 Å². The van der Waals surface area contributed by atoms with E-state index in [0.717, 1.165) is 5.56 Å². The molecule has 206 valence electrons. The molecule has 0 aliphatic heterocycles. The Hall–Kier alpha value is -4.79. The number of ether oxygens (including phenoxy) is 3. The van der Waals surface area contributed by atoms with E-state index in [1.807, 2.05) is 30.3 Å². The molecule has 1 heterocycles. The first kappa shape index (κ1) is 27.8. The minimum atomic E-state index is -0.565. The van der Waals surface area contributed by atoms with Crippen molar-refractivity contribution in [1.82, 2.24) is 10.4 Å². The molecular weight excluding hydrogens is 565 g/mol. The summed E-state index contributed by atoms with van der Waals surface area (Å²) in [6.07, 6.45) is 1.45. The van der Waals surface area contributed by atoms with Crippen LogP contribution in [-0.2, 0) is 0 Å². The van der Waals surface area contributed by atoms with E-state index in [4.69, 9.17) is 37.4 Å². The van der Waals surface area contributed by atoms with Crippen molar-refractivity contribution in [3.8, 4) is 28.4 Å². The first-order valence-corrected chi connectivity index (χ1v) is 13.1. The van der Waals surface area contributed by atoms with Crippen molar-refractivity contribution in [2.24, 2.45) is 5.10 Å². The van der Waals surface area contributed by atoms with Gasteiger partial charge < -0.3 is 19.2 Å². The maximum absolute atomic E-state index is 13.3. The fourth-order valence-corrected chi connectivity index (χ4v) is 4.88. The van der Waals surface area contributed by atoms with Gasteiger partial charge in [-0.3, -0.25) is 4.79 Å². The molecule has 8 nitrogen and oxygen atoms in total. The summed E-state index contributed by atoms with van der Waals surface area (Å²) < 4.78 is 16.1. The number of hydrogen-bond donors (Lipinski definition) is 2. The summed E-state index contributed by atoms with van der Waals surface area (Å²) in [5.74, 6) is 0.0343. The van der Waals surface area contributed by atoms with Gasteiger partial charge in [0.2, 0.25) is 0 Å². The van der Waals surface area contributed by atoms with Crippen LogP contribution in [0.5, 0.6) is 17.2 Å². The Morgan fingerprint density at radius 2 is 1.68 bits per heavy atom. The third kappa shape index (κ3) is 6.04. The lowest BCUT2D eigenvalue weighted by atomic mass is 10.0. The molecule has 0 aliphatic rings. The number of aromatic amines is 1. The van der Waals surface area contributed by atoms with Gasteiger partial charge in [-0.25, -0.2) is 10.2 Å². The van der Waals surface area contributed by atoms with E-state index in [1.165, 1.54) is 20.4 Å². The highest BCUT2D eigenvalue weighted by atomic mass is 35.5. The number of hydrazone groups is 1. The molecule has 0 atom stereocenters. The number of fused-ring (bicyclic) bond motifs is 1. The molecule has 0 saturated carbocycles. The summed E-state index contributed by atoms with van der Waals surface area (Å²) in [4.78, 5) is 29.0. The Morgan fingerprint density at radius 1 is 0.878 bits per heavy atom. The molecule has 10 heteroatoms. The van der Waals surface area contributed by atoms with Crippen LogP contribution in [0.25, 0.3) is 22.0 Å². The first-order valence-electron chi connectivity index (χ1n) is 12.3. The van der Waals surface area contributed by atoms with Crippen molar-refractivity contribution in [2.75, 3.05) is 14.2 Å². The van der Waals surface area contributed by atoms with Crippen LogP contribution in [0.1, 0.15) is 26.4 Å². The number of rotatable bonds is 8. The molecule has 0 fully saturated rings. The Bertz CT molecular complexity index is 1780. The molecule has 0 bridgehead atoms. The van der Waals surface area contributed by atoms with Crippen LogP contribution in [0, 0.1) is 0 Å². The number of halogens is 2. The SMILES string of the molecule is COc1cccc(C(=O)Oc2ccc(C=NNC(=O)c3[nH]c4cc(Cl)cc(Cl)c4c3-c3ccccc3)cc2OC)c1. The number of carbonyl (C=O) groups is 2. The van der Waals surface area contributed by atoms with E-state index in [-0.39, 0.29) is 11.4 Å². The molecular formula is C31H23Cl2N3O5. The second kappa shape index (κ2) is 12.2. The lowest BCUT2D eigenvalue weighted by molar-refractivity contribution is 0.0729. The third-order valence-electron chi connectivity index (χ3n) is 6.18. The molecule has 41 heavy (non-hydrogen) atoms. The Morgan fingerprint density at radius 3 is 2.44 bits per heavy atom. The molecule has 0 aliphatic carbocycles. The van der Waals surface area contributed by atoms with Crippen LogP contribution in [-0.4, -0.2) is 37.3 Å². The van der Waals surface area contributed by atoms with Crippen molar-refractivity contribution in [1.29, 1.82) is 0 Å². The average Bonchev–Trinajstić information content (AvgIpc) is 3.38. The fraction of sp³-hybridized carbons (Fsp3) is 0.0645. The van der Waals surface area contributed by atoms with Gasteiger partial charge in [0.25, 0.3) is 5.91 Å². The Labute approximate surface area is 245 Å². The van der Waals surface area contributed by atoms with E-state index in [2.05, 4.69) is 15.5 Å². The molecule has 0 unspecified atom stereocenters. The average molecular weight is 588 g/mol. The summed E-state index contributed by atoms with van der Waals surface area (Å²) in [6.45, 7) is 0. The Balaban J connectivity index is 1.36. The van der Waals surface area contributed by atoms with Crippen molar-refractivity contribution in [3.63, 3.8) is 0 Å². The summed E-state index contributed by atoms with van der Waals surface area (Å²) in [5.41, 5.74) is 5.83. The highest BCUT2D eigenvalue weighted by Crippen LogP contribution is 2.38. The number of carbonyl (C=O) groups excluding carboxylic acids is 2. The molecule has 5 aromatic rings. The number of aromatic nitrogens is 1. The monoisotopic (exact) mass is 587 g/mol. The van der Waals surface area contributed by atoms with E-state index in [9.17, 15) is 9.59 Å². The molecule has 1 aromatic heterocycles. The molecule has 2 N–H and O–H groups in total. The number of nitrogens with zero attached hydrogens (tertiary/aromatic N) is 1. The highest BCUT2D eigenvalue weighted by molar-refractivity contribution is 6.40. The number of hydrogen-bond acceptors (Lipinski definition) is 6. The largest absolute Gasteiger partial charge is 0.497 e. The molecule has 0 spiro atoms. The third-order valence-corrected chi connectivity index (χ3v) is 6.70. The summed E-state index contributed by atoms with van der Waals surface area (Å²) >= 11 is 12.7. The minimum absolute atomic E-state index is 0.225. The second-order valence-electron chi connectivity index (χ2n) is 8.78. The van der Waals surface area contributed by atoms with Crippen molar-refractivity contribution in [3.05, 3.63) is 112 Å². The highest BCUT2D eigenvalue weighted by Gasteiger charge is 2.21. The lowest BCUT2D eigenvalue weighted by Gasteiger charge is -2.10. The maximum Gasteiger partial charge on any atom is 0.343 e. The van der Waals surface area contributed by atoms with Crippen LogP contribution in [0.3, 0.4) is 0 Å². The van der Waals surface area contributed by atoms with Crippen LogP contribution in [0.15, 0.2) is 90.0 Å². The standard InChI is InChI=1S/C31H23Cl2N3O5/c1-39-22-10-6-9-20(14-22)31(38)41-25-12-11-18(13-26(25)40-2)17-34-36-30(37)29-27(19-7-4-3-5-8-19)28-23(33)15-21(32)16-24(28)35-29/h3-17,35H,1-2H3,(H,36,37). The van der Waals surface area contributed by atoms with Gasteiger partial charge >= 0.3 is 5.97 Å². The van der Waals surface area contributed by atoms with Crippen LogP contribution < -0.4 is 19.6 Å². The zero-order valence-electron chi connectivity index (χ0n) is 21.9. The predicted octanol–water partition coefficient (Wildman–Crippen LogP) is 7.14. The number of methoxy groups -OCH3 is 2. The second-order valence-corrected chi connectivity index (χ2v) is 9.63. The van der Waals surface area contributed by atoms with Crippen LogP contribution >= 0.6 is 23.2 Å². The van der Waals surface area contributed by atoms with Crippen LogP contribution in [0.2, 0.25) is 10.0 Å². The smallest absolute Gasteiger partial charge is 0.343 e. The number of amides is 1. The van der Waals surface area contributed by atoms with Crippen molar-refractivity contribution < 1.29 is 23.8 Å². The van der Waals surface area contributed by atoms with Gasteiger partial charge in [-0.2, -0.15) is 5.10 Å². The minimum Gasteiger partial charge on any atom is -0.497 e. The van der Waals surface area contributed by atoms with Gasteiger partial charge in [-0.05, 0) is 59.7 Å². The van der Waals surface area contributed by atoms with Gasteiger partial charge in [0.15, 0.2) is 11.5 Å². The lowest BCUT2D eigenvalue weighted by Crippen LogP contribution is -2.18. The molecule has 0 saturated heterocycles. The van der Waals surface area contributed by atoms with Gasteiger partial charge in [0.1, 0.15) is 11.4 Å². The number of nitrogens with one attached hydrogen (secondary N) is 2. The zero-order valence-corrected chi connectivity index (χ0v) is 23.4. The van der Waals surface area contributed by atoms with Crippen molar-refractivity contribution >= 4 is 52.2 Å². The summed E-state index contributed by atoms with van der Waals surface area (Å²) in [7, 11) is 2.98. The molecule has 0 radical (unpaired) electrons. The van der Waals surface area contributed by atoms with E-state index < -0.39 is 11.9 Å². The number of H-pyrrole nitrogens is 1. The zero-order chi connectivity index (χ0) is 28.9. The van der Waals surface area contributed by atoms with Crippen LogP contribution in [0.4, 0.5) is 0 Å². The first-order chi connectivity index (χ1) is 19.9. The van der Waals surface area contributed by atoms with Gasteiger partial charge in [-0.1, -0.05) is 59.6 Å². The van der Waals surface area contributed by atoms with Gasteiger partial charge in [0.05, 0.1) is 31.0 Å². The maximum atomic E-state index is 13.3. The molecule has 5 rings (SSSR count). The van der Waals surface area contributed by atoms with E-state index in [0.29, 0.717) is 49.1 Å². The van der Waals surface area contributed by atoms with Crippen molar-refractivity contribution in [2.45, 2.75) is 0 Å². The van der Waals surface area contributed by atoms with Gasteiger partial charge in [0, 0.05) is 21.5 Å². The summed E-state index contributed by atoms with van der Waals surface area (Å²) in [6, 6.07) is 24.3. The van der Waals surface area contributed by atoms with E-state index in [1.54, 1.807) is 54.6 Å². The quantitative estimate of drug-likeness (QED) is 0.0869. The topological polar surface area (TPSA) is 102 Å².